The number of primary sulfonamides is 1. The molecule has 0 saturated heterocycles. The SMILES string of the molecule is NS(=O)(=O)c1cccc(NC(=O)c2ccc3c(c2)C(=O)N(c2ccc(Cl)cc2)C3=O)c1. The summed E-state index contributed by atoms with van der Waals surface area (Å²) in [5, 5.41) is 8.12. The molecule has 0 aliphatic carbocycles. The molecule has 3 aromatic carbocycles. The molecule has 0 saturated carbocycles. The van der Waals surface area contributed by atoms with Crippen molar-refractivity contribution in [1.82, 2.24) is 0 Å². The molecule has 156 valence electrons. The zero-order chi connectivity index (χ0) is 22.3. The molecule has 1 aliphatic heterocycles. The smallest absolute Gasteiger partial charge is 0.266 e. The average molecular weight is 456 g/mol. The number of fused-ring (bicyclic) bond motifs is 1. The second-order valence-corrected chi connectivity index (χ2v) is 8.71. The number of hydrogen-bond donors (Lipinski definition) is 2. The molecule has 0 atom stereocenters. The van der Waals surface area contributed by atoms with Crippen molar-refractivity contribution in [2.45, 2.75) is 4.90 Å². The minimum Gasteiger partial charge on any atom is -0.322 e. The number of anilines is 2. The van der Waals surface area contributed by atoms with Crippen LogP contribution in [0.1, 0.15) is 31.1 Å². The number of carbonyl (C=O) groups excluding carboxylic acids is 3. The maximum Gasteiger partial charge on any atom is 0.266 e. The van der Waals surface area contributed by atoms with Gasteiger partial charge in [-0.1, -0.05) is 17.7 Å². The van der Waals surface area contributed by atoms with Gasteiger partial charge in [0.15, 0.2) is 0 Å². The monoisotopic (exact) mass is 455 g/mol. The quantitative estimate of drug-likeness (QED) is 0.584. The second kappa shape index (κ2) is 7.62. The van der Waals surface area contributed by atoms with E-state index >= 15 is 0 Å². The lowest BCUT2D eigenvalue weighted by atomic mass is 10.1. The number of nitrogens with zero attached hydrogens (tertiary/aromatic N) is 1. The fourth-order valence-corrected chi connectivity index (χ4v) is 3.85. The molecule has 8 nitrogen and oxygen atoms in total. The Morgan fingerprint density at radius 1 is 0.903 bits per heavy atom. The summed E-state index contributed by atoms with van der Waals surface area (Å²) in [5.74, 6) is -1.65. The van der Waals surface area contributed by atoms with Crippen molar-refractivity contribution in [3.05, 3.63) is 88.4 Å². The van der Waals surface area contributed by atoms with Gasteiger partial charge in [-0.05, 0) is 60.7 Å². The number of amides is 3. The van der Waals surface area contributed by atoms with Gasteiger partial charge in [0.25, 0.3) is 17.7 Å². The standard InChI is InChI=1S/C21H14ClN3O5S/c22-13-5-7-15(8-6-13)25-20(27)17-9-4-12(10-18(17)21(25)28)19(26)24-14-2-1-3-16(11-14)31(23,29)30/h1-11H,(H,24,26)(H2,23,29,30). The predicted octanol–water partition coefficient (Wildman–Crippen LogP) is 3.04. The predicted molar refractivity (Wildman–Crippen MR) is 115 cm³/mol. The van der Waals surface area contributed by atoms with Gasteiger partial charge in [-0.25, -0.2) is 18.5 Å². The number of nitrogens with one attached hydrogen (secondary N) is 1. The van der Waals surface area contributed by atoms with Crippen LogP contribution in [0.4, 0.5) is 11.4 Å². The molecule has 3 aromatic rings. The summed E-state index contributed by atoms with van der Waals surface area (Å²) in [7, 11) is -3.93. The summed E-state index contributed by atoms with van der Waals surface area (Å²) < 4.78 is 23.0. The van der Waals surface area contributed by atoms with Crippen LogP contribution in [0, 0.1) is 0 Å². The Morgan fingerprint density at radius 3 is 2.26 bits per heavy atom. The Hall–Kier alpha value is -3.53. The van der Waals surface area contributed by atoms with Gasteiger partial charge in [-0.2, -0.15) is 0 Å². The highest BCUT2D eigenvalue weighted by Crippen LogP contribution is 2.30. The van der Waals surface area contributed by atoms with Crippen LogP contribution in [-0.4, -0.2) is 26.1 Å². The summed E-state index contributed by atoms with van der Waals surface area (Å²) >= 11 is 5.86. The number of halogens is 1. The molecule has 0 spiro atoms. The Kier molecular flexibility index (Phi) is 5.10. The number of benzene rings is 3. The number of carbonyl (C=O) groups is 3. The van der Waals surface area contributed by atoms with E-state index in [1.165, 1.54) is 42.5 Å². The molecule has 3 amide bonds. The van der Waals surface area contributed by atoms with Crippen molar-refractivity contribution in [1.29, 1.82) is 0 Å². The third kappa shape index (κ3) is 3.93. The third-order valence-corrected chi connectivity index (χ3v) is 5.82. The van der Waals surface area contributed by atoms with Crippen molar-refractivity contribution in [3.63, 3.8) is 0 Å². The maximum absolute atomic E-state index is 12.8. The highest BCUT2D eigenvalue weighted by Gasteiger charge is 2.37. The molecule has 1 aliphatic rings. The topological polar surface area (TPSA) is 127 Å². The number of hydrogen-bond acceptors (Lipinski definition) is 5. The summed E-state index contributed by atoms with van der Waals surface area (Å²) in [4.78, 5) is 39.0. The average Bonchev–Trinajstić information content (AvgIpc) is 2.98. The van der Waals surface area contributed by atoms with E-state index in [0.29, 0.717) is 10.7 Å². The minimum atomic E-state index is -3.93. The van der Waals surface area contributed by atoms with Crippen LogP contribution in [0.5, 0.6) is 0 Å². The largest absolute Gasteiger partial charge is 0.322 e. The summed E-state index contributed by atoms with van der Waals surface area (Å²) in [6.45, 7) is 0. The first-order valence-electron chi connectivity index (χ1n) is 8.88. The van der Waals surface area contributed by atoms with Crippen molar-refractivity contribution in [3.8, 4) is 0 Å². The zero-order valence-corrected chi connectivity index (χ0v) is 17.3. The fraction of sp³-hybridized carbons (Fsp3) is 0. The van der Waals surface area contributed by atoms with Gasteiger partial charge in [-0.3, -0.25) is 14.4 Å². The molecule has 31 heavy (non-hydrogen) atoms. The van der Waals surface area contributed by atoms with Crippen LogP contribution in [0.2, 0.25) is 5.02 Å². The first-order valence-corrected chi connectivity index (χ1v) is 10.8. The van der Waals surface area contributed by atoms with Gasteiger partial charge in [0, 0.05) is 16.3 Å². The fourth-order valence-electron chi connectivity index (χ4n) is 3.16. The van der Waals surface area contributed by atoms with E-state index in [2.05, 4.69) is 5.32 Å². The Balaban J connectivity index is 1.61. The van der Waals surface area contributed by atoms with E-state index in [9.17, 15) is 22.8 Å². The molecule has 1 heterocycles. The molecular formula is C21H14ClN3O5S. The molecular weight excluding hydrogens is 442 g/mol. The van der Waals surface area contributed by atoms with Crippen molar-refractivity contribution < 1.29 is 22.8 Å². The lowest BCUT2D eigenvalue weighted by Gasteiger charge is -2.13. The molecule has 3 N–H and O–H groups in total. The van der Waals surface area contributed by atoms with Gasteiger partial charge in [-0.15, -0.1) is 0 Å². The lowest BCUT2D eigenvalue weighted by molar-refractivity contribution is 0.0925. The van der Waals surface area contributed by atoms with Crippen LogP contribution in [0.3, 0.4) is 0 Å². The lowest BCUT2D eigenvalue weighted by Crippen LogP contribution is -2.29. The normalized spacial score (nSPS) is 13.3. The highest BCUT2D eigenvalue weighted by molar-refractivity contribution is 7.89. The number of rotatable bonds is 4. The van der Waals surface area contributed by atoms with Gasteiger partial charge >= 0.3 is 0 Å². The summed E-state index contributed by atoms with van der Waals surface area (Å²) in [6.07, 6.45) is 0. The number of nitrogens with two attached hydrogens (primary N) is 1. The summed E-state index contributed by atoms with van der Waals surface area (Å²) in [6, 6.07) is 15.8. The van der Waals surface area contributed by atoms with E-state index in [-0.39, 0.29) is 27.3 Å². The van der Waals surface area contributed by atoms with Crippen molar-refractivity contribution in [2.24, 2.45) is 5.14 Å². The van der Waals surface area contributed by atoms with Crippen LogP contribution >= 0.6 is 11.6 Å². The van der Waals surface area contributed by atoms with E-state index in [1.807, 2.05) is 0 Å². The van der Waals surface area contributed by atoms with Gasteiger partial charge in [0.2, 0.25) is 10.0 Å². The molecule has 0 bridgehead atoms. The molecule has 0 aromatic heterocycles. The molecule has 4 rings (SSSR count). The highest BCUT2D eigenvalue weighted by atomic mass is 35.5. The van der Waals surface area contributed by atoms with E-state index in [4.69, 9.17) is 16.7 Å². The third-order valence-electron chi connectivity index (χ3n) is 4.65. The summed E-state index contributed by atoms with van der Waals surface area (Å²) in [5.41, 5.74) is 0.959. The molecule has 0 radical (unpaired) electrons. The van der Waals surface area contributed by atoms with E-state index < -0.39 is 27.7 Å². The Morgan fingerprint density at radius 2 is 1.58 bits per heavy atom. The van der Waals surface area contributed by atoms with Crippen LogP contribution in [0.25, 0.3) is 0 Å². The van der Waals surface area contributed by atoms with E-state index in [1.54, 1.807) is 24.3 Å². The number of imide groups is 1. The van der Waals surface area contributed by atoms with Crippen molar-refractivity contribution in [2.75, 3.05) is 10.2 Å². The molecule has 0 fully saturated rings. The van der Waals surface area contributed by atoms with Crippen LogP contribution in [-0.2, 0) is 10.0 Å². The van der Waals surface area contributed by atoms with Crippen LogP contribution < -0.4 is 15.4 Å². The van der Waals surface area contributed by atoms with Gasteiger partial charge in [0.1, 0.15) is 0 Å². The molecule has 10 heteroatoms. The van der Waals surface area contributed by atoms with Gasteiger partial charge < -0.3 is 5.32 Å². The second-order valence-electron chi connectivity index (χ2n) is 6.71. The van der Waals surface area contributed by atoms with E-state index in [0.717, 1.165) is 4.90 Å². The van der Waals surface area contributed by atoms with Crippen LogP contribution in [0.15, 0.2) is 71.6 Å². The maximum atomic E-state index is 12.8. The number of sulfonamides is 1. The minimum absolute atomic E-state index is 0.0888. The van der Waals surface area contributed by atoms with Gasteiger partial charge in [0.05, 0.1) is 21.7 Å². The Bertz CT molecular complexity index is 1350. The first kappa shape index (κ1) is 20.7. The molecule has 0 unspecified atom stereocenters. The van der Waals surface area contributed by atoms with Crippen molar-refractivity contribution >= 4 is 50.7 Å². The first-order chi connectivity index (χ1) is 14.6. The Labute approximate surface area is 182 Å². The zero-order valence-electron chi connectivity index (χ0n) is 15.7.